The molecule has 1 rings (SSSR count). The van der Waals surface area contributed by atoms with Gasteiger partial charge >= 0.3 is 0 Å². The van der Waals surface area contributed by atoms with Crippen molar-refractivity contribution in [1.82, 2.24) is 4.98 Å². The first kappa shape index (κ1) is 12.2. The number of pyridine rings is 1. The van der Waals surface area contributed by atoms with Gasteiger partial charge in [-0.25, -0.2) is 4.98 Å². The van der Waals surface area contributed by atoms with E-state index in [0.29, 0.717) is 5.82 Å². The van der Waals surface area contributed by atoms with Gasteiger partial charge in [-0.1, -0.05) is 36.7 Å². The van der Waals surface area contributed by atoms with Crippen molar-refractivity contribution in [3.63, 3.8) is 0 Å². The quantitative estimate of drug-likeness (QED) is 0.786. The Kier molecular flexibility index (Phi) is 3.50. The van der Waals surface area contributed by atoms with Crippen LogP contribution < -0.4 is 4.90 Å². The lowest BCUT2D eigenvalue weighted by Gasteiger charge is -2.25. The molecule has 1 aromatic heterocycles. The average Bonchev–Trinajstić information content (AvgIpc) is 2.14. The minimum absolute atomic E-state index is 0.0492. The predicted octanol–water partition coefficient (Wildman–Crippen LogP) is 2.85. The van der Waals surface area contributed by atoms with E-state index in [9.17, 15) is 4.79 Å². The van der Waals surface area contributed by atoms with E-state index in [4.69, 9.17) is 0 Å². The fourth-order valence-corrected chi connectivity index (χ4v) is 1.51. The van der Waals surface area contributed by atoms with Crippen molar-refractivity contribution in [2.75, 3.05) is 11.9 Å². The molecule has 0 saturated heterocycles. The second-order valence-corrected chi connectivity index (χ2v) is 5.36. The highest BCUT2D eigenvalue weighted by molar-refractivity contribution is 9.10. The van der Waals surface area contributed by atoms with Crippen molar-refractivity contribution in [2.24, 2.45) is 5.41 Å². The summed E-state index contributed by atoms with van der Waals surface area (Å²) >= 11 is 3.35. The van der Waals surface area contributed by atoms with E-state index < -0.39 is 5.41 Å². The summed E-state index contributed by atoms with van der Waals surface area (Å²) in [4.78, 5) is 17.7. The first-order valence-electron chi connectivity index (χ1n) is 4.72. The molecule has 0 N–H and O–H groups in total. The van der Waals surface area contributed by atoms with Crippen molar-refractivity contribution in [3.05, 3.63) is 22.8 Å². The van der Waals surface area contributed by atoms with Gasteiger partial charge in [0.15, 0.2) is 0 Å². The lowest BCUT2D eigenvalue weighted by molar-refractivity contribution is -0.125. The van der Waals surface area contributed by atoms with Crippen LogP contribution in [-0.4, -0.2) is 17.9 Å². The van der Waals surface area contributed by atoms with Gasteiger partial charge in [0.1, 0.15) is 5.82 Å². The molecular formula is C11H15BrN2O. The summed E-state index contributed by atoms with van der Waals surface area (Å²) in [6.07, 6.45) is 1.67. The standard InChI is InChI=1S/C11H15BrN2O/c1-11(2,3)10(15)14(4)9-7-8(12)5-6-13-9/h5-7H,1-4H3. The van der Waals surface area contributed by atoms with Crippen LogP contribution in [0.2, 0.25) is 0 Å². The summed E-state index contributed by atoms with van der Waals surface area (Å²) in [6, 6.07) is 3.66. The zero-order chi connectivity index (χ0) is 11.6. The molecule has 0 aromatic carbocycles. The van der Waals surface area contributed by atoms with Gasteiger partial charge in [-0.3, -0.25) is 9.69 Å². The number of halogens is 1. The van der Waals surface area contributed by atoms with E-state index in [2.05, 4.69) is 20.9 Å². The van der Waals surface area contributed by atoms with Gasteiger partial charge < -0.3 is 0 Å². The Bertz CT molecular complexity index is 371. The number of hydrogen-bond donors (Lipinski definition) is 0. The van der Waals surface area contributed by atoms with Crippen LogP contribution in [0.4, 0.5) is 5.82 Å². The van der Waals surface area contributed by atoms with Crippen LogP contribution >= 0.6 is 15.9 Å². The third-order valence-corrected chi connectivity index (χ3v) is 2.49. The maximum atomic E-state index is 11.9. The number of amides is 1. The molecule has 1 aromatic rings. The Morgan fingerprint density at radius 2 is 2.07 bits per heavy atom. The van der Waals surface area contributed by atoms with E-state index in [0.717, 1.165) is 4.47 Å². The maximum Gasteiger partial charge on any atom is 0.233 e. The third-order valence-electron chi connectivity index (χ3n) is 2.00. The molecule has 0 saturated carbocycles. The molecule has 82 valence electrons. The molecule has 0 bridgehead atoms. The van der Waals surface area contributed by atoms with Crippen molar-refractivity contribution in [3.8, 4) is 0 Å². The molecular weight excluding hydrogens is 256 g/mol. The Morgan fingerprint density at radius 1 is 1.47 bits per heavy atom. The molecule has 0 fully saturated rings. The van der Waals surface area contributed by atoms with E-state index in [1.54, 1.807) is 18.1 Å². The predicted molar refractivity (Wildman–Crippen MR) is 64.8 cm³/mol. The SMILES string of the molecule is CN(C(=O)C(C)(C)C)c1cc(Br)ccn1. The lowest BCUT2D eigenvalue weighted by atomic mass is 9.95. The van der Waals surface area contributed by atoms with Crippen LogP contribution in [0.3, 0.4) is 0 Å². The van der Waals surface area contributed by atoms with Crippen LogP contribution in [0.5, 0.6) is 0 Å². The minimum Gasteiger partial charge on any atom is -0.299 e. The molecule has 0 spiro atoms. The van der Waals surface area contributed by atoms with Gasteiger partial charge in [0.25, 0.3) is 0 Å². The van der Waals surface area contributed by atoms with Crippen molar-refractivity contribution in [1.29, 1.82) is 0 Å². The number of nitrogens with zero attached hydrogens (tertiary/aromatic N) is 2. The van der Waals surface area contributed by atoms with Crippen LogP contribution in [-0.2, 0) is 4.79 Å². The molecule has 4 heteroatoms. The van der Waals surface area contributed by atoms with Gasteiger partial charge in [0, 0.05) is 23.1 Å². The van der Waals surface area contributed by atoms with Crippen molar-refractivity contribution >= 4 is 27.7 Å². The van der Waals surface area contributed by atoms with Gasteiger partial charge in [-0.2, -0.15) is 0 Å². The van der Waals surface area contributed by atoms with E-state index in [-0.39, 0.29) is 5.91 Å². The Morgan fingerprint density at radius 3 is 2.53 bits per heavy atom. The van der Waals surface area contributed by atoms with Crippen LogP contribution in [0.25, 0.3) is 0 Å². The van der Waals surface area contributed by atoms with E-state index in [1.165, 1.54) is 0 Å². The molecule has 0 unspecified atom stereocenters. The van der Waals surface area contributed by atoms with Gasteiger partial charge in [-0.05, 0) is 12.1 Å². The first-order valence-corrected chi connectivity index (χ1v) is 5.51. The number of aromatic nitrogens is 1. The first-order chi connectivity index (χ1) is 6.82. The summed E-state index contributed by atoms with van der Waals surface area (Å²) in [5, 5.41) is 0. The Balaban J connectivity index is 2.95. The van der Waals surface area contributed by atoms with Crippen molar-refractivity contribution < 1.29 is 4.79 Å². The molecule has 1 amide bonds. The molecule has 15 heavy (non-hydrogen) atoms. The topological polar surface area (TPSA) is 33.2 Å². The second-order valence-electron chi connectivity index (χ2n) is 4.45. The summed E-state index contributed by atoms with van der Waals surface area (Å²) in [5.74, 6) is 0.706. The number of rotatable bonds is 1. The van der Waals surface area contributed by atoms with E-state index in [1.807, 2.05) is 32.9 Å². The molecule has 3 nitrogen and oxygen atoms in total. The molecule has 0 radical (unpaired) electrons. The van der Waals surface area contributed by atoms with Crippen LogP contribution in [0, 0.1) is 5.41 Å². The monoisotopic (exact) mass is 270 g/mol. The lowest BCUT2D eigenvalue weighted by Crippen LogP contribution is -2.37. The van der Waals surface area contributed by atoms with Gasteiger partial charge in [0.05, 0.1) is 0 Å². The highest BCUT2D eigenvalue weighted by atomic mass is 79.9. The molecule has 1 heterocycles. The van der Waals surface area contributed by atoms with Crippen LogP contribution in [0.1, 0.15) is 20.8 Å². The summed E-state index contributed by atoms with van der Waals surface area (Å²) < 4.78 is 0.918. The normalized spacial score (nSPS) is 11.3. The summed E-state index contributed by atoms with van der Waals surface area (Å²) in [7, 11) is 1.74. The molecule has 0 aliphatic heterocycles. The Labute approximate surface area is 98.6 Å². The van der Waals surface area contributed by atoms with Crippen LogP contribution in [0.15, 0.2) is 22.8 Å². The molecule has 0 atom stereocenters. The smallest absolute Gasteiger partial charge is 0.233 e. The second kappa shape index (κ2) is 4.31. The zero-order valence-corrected chi connectivity index (χ0v) is 11.0. The zero-order valence-electron chi connectivity index (χ0n) is 9.41. The van der Waals surface area contributed by atoms with E-state index >= 15 is 0 Å². The number of carbonyl (C=O) groups excluding carboxylic acids is 1. The third kappa shape index (κ3) is 3.02. The highest BCUT2D eigenvalue weighted by Gasteiger charge is 2.26. The van der Waals surface area contributed by atoms with Gasteiger partial charge in [-0.15, -0.1) is 0 Å². The fourth-order valence-electron chi connectivity index (χ4n) is 1.18. The average molecular weight is 271 g/mol. The molecule has 0 aliphatic rings. The summed E-state index contributed by atoms with van der Waals surface area (Å²) in [6.45, 7) is 5.68. The highest BCUT2D eigenvalue weighted by Crippen LogP contribution is 2.22. The minimum atomic E-state index is -0.390. The number of carbonyl (C=O) groups is 1. The fraction of sp³-hybridized carbons (Fsp3) is 0.455. The Hall–Kier alpha value is -0.900. The van der Waals surface area contributed by atoms with Gasteiger partial charge in [0.2, 0.25) is 5.91 Å². The largest absolute Gasteiger partial charge is 0.299 e. The number of anilines is 1. The summed E-state index contributed by atoms with van der Waals surface area (Å²) in [5.41, 5.74) is -0.390. The molecule has 0 aliphatic carbocycles. The van der Waals surface area contributed by atoms with Crippen molar-refractivity contribution in [2.45, 2.75) is 20.8 Å². The maximum absolute atomic E-state index is 11.9. The number of hydrogen-bond acceptors (Lipinski definition) is 2.